The van der Waals surface area contributed by atoms with Crippen LogP contribution in [0.3, 0.4) is 0 Å². The second kappa shape index (κ2) is 5.26. The smallest absolute Gasteiger partial charge is 0.124 e. The molecule has 3 aromatic rings. The largest absolute Gasteiger partial charge is 0.326 e. The number of hydrogen-bond acceptors (Lipinski definition) is 5. The molecule has 0 spiro atoms. The van der Waals surface area contributed by atoms with Gasteiger partial charge in [0.25, 0.3) is 0 Å². The van der Waals surface area contributed by atoms with E-state index in [1.807, 2.05) is 23.6 Å². The van der Waals surface area contributed by atoms with E-state index in [9.17, 15) is 0 Å². The van der Waals surface area contributed by atoms with Crippen LogP contribution >= 0.6 is 11.3 Å². The second-order valence-electron chi connectivity index (χ2n) is 4.03. The monoisotopic (exact) mass is 268 g/mol. The highest BCUT2D eigenvalue weighted by Crippen LogP contribution is 2.28. The molecule has 0 fully saturated rings. The summed E-state index contributed by atoms with van der Waals surface area (Å²) in [6.45, 7) is 0.538. The van der Waals surface area contributed by atoms with E-state index in [0.717, 1.165) is 27.5 Å². The molecule has 0 amide bonds. The summed E-state index contributed by atoms with van der Waals surface area (Å²) >= 11 is 1.60. The molecule has 0 saturated heterocycles. The van der Waals surface area contributed by atoms with Crippen LogP contribution in [0.25, 0.3) is 22.0 Å². The van der Waals surface area contributed by atoms with E-state index >= 15 is 0 Å². The Hall–Kier alpha value is -2.11. The fraction of sp³-hybridized carbons (Fsp3) is 0.0714. The Labute approximate surface area is 115 Å². The molecule has 3 rings (SSSR count). The molecule has 0 unspecified atom stereocenters. The van der Waals surface area contributed by atoms with Crippen molar-refractivity contribution in [1.29, 1.82) is 0 Å². The van der Waals surface area contributed by atoms with Gasteiger partial charge in [-0.2, -0.15) is 0 Å². The third-order valence-electron chi connectivity index (χ3n) is 2.74. The van der Waals surface area contributed by atoms with Crippen molar-refractivity contribution in [3.8, 4) is 22.0 Å². The molecule has 4 nitrogen and oxygen atoms in total. The summed E-state index contributed by atoms with van der Waals surface area (Å²) in [5.41, 5.74) is 9.49. The number of nitrogens with two attached hydrogens (primary N) is 1. The fourth-order valence-electron chi connectivity index (χ4n) is 1.79. The molecule has 0 aliphatic carbocycles. The molecular weight excluding hydrogens is 256 g/mol. The number of hydrogen-bond donors (Lipinski definition) is 1. The van der Waals surface area contributed by atoms with Gasteiger partial charge < -0.3 is 5.73 Å². The topological polar surface area (TPSA) is 64.7 Å². The van der Waals surface area contributed by atoms with E-state index < -0.39 is 0 Å². The maximum atomic E-state index is 5.66. The number of benzene rings is 1. The van der Waals surface area contributed by atoms with Crippen molar-refractivity contribution in [2.24, 2.45) is 5.73 Å². The average molecular weight is 268 g/mol. The Bertz CT molecular complexity index is 679. The van der Waals surface area contributed by atoms with E-state index in [-0.39, 0.29) is 0 Å². The van der Waals surface area contributed by atoms with Crippen molar-refractivity contribution in [1.82, 2.24) is 15.0 Å². The van der Waals surface area contributed by atoms with Gasteiger partial charge >= 0.3 is 0 Å². The first kappa shape index (κ1) is 12.0. The van der Waals surface area contributed by atoms with Gasteiger partial charge in [-0.1, -0.05) is 18.2 Å². The highest BCUT2D eigenvalue weighted by molar-refractivity contribution is 7.13. The van der Waals surface area contributed by atoms with Crippen LogP contribution in [0.1, 0.15) is 5.56 Å². The fourth-order valence-corrected chi connectivity index (χ4v) is 2.60. The van der Waals surface area contributed by atoms with E-state index in [1.165, 1.54) is 0 Å². The van der Waals surface area contributed by atoms with Crippen LogP contribution in [0, 0.1) is 0 Å². The van der Waals surface area contributed by atoms with Gasteiger partial charge in [-0.3, -0.25) is 9.97 Å². The van der Waals surface area contributed by atoms with Gasteiger partial charge in [0.05, 0.1) is 6.20 Å². The zero-order valence-corrected chi connectivity index (χ0v) is 11.0. The summed E-state index contributed by atoms with van der Waals surface area (Å²) in [4.78, 5) is 12.9. The molecule has 2 N–H and O–H groups in total. The summed E-state index contributed by atoms with van der Waals surface area (Å²) in [5, 5.41) is 2.96. The van der Waals surface area contributed by atoms with Crippen LogP contribution in [-0.2, 0) is 6.54 Å². The molecule has 0 saturated carbocycles. The van der Waals surface area contributed by atoms with Crippen molar-refractivity contribution in [3.63, 3.8) is 0 Å². The van der Waals surface area contributed by atoms with Crippen LogP contribution < -0.4 is 5.73 Å². The zero-order chi connectivity index (χ0) is 13.1. The molecule has 2 heterocycles. The predicted octanol–water partition coefficient (Wildman–Crippen LogP) is 2.73. The Morgan fingerprint density at radius 2 is 2.11 bits per heavy atom. The molecule has 0 aliphatic heterocycles. The van der Waals surface area contributed by atoms with Crippen LogP contribution in [-0.4, -0.2) is 15.0 Å². The second-order valence-corrected chi connectivity index (χ2v) is 4.89. The van der Waals surface area contributed by atoms with Gasteiger partial charge in [0.15, 0.2) is 0 Å². The molecule has 19 heavy (non-hydrogen) atoms. The molecule has 5 heteroatoms. The van der Waals surface area contributed by atoms with Gasteiger partial charge in [0.1, 0.15) is 16.4 Å². The molecule has 0 bridgehead atoms. The third-order valence-corrected chi connectivity index (χ3v) is 3.63. The number of nitrogens with zero attached hydrogens (tertiary/aromatic N) is 3. The van der Waals surface area contributed by atoms with Crippen molar-refractivity contribution >= 4 is 11.3 Å². The summed E-state index contributed by atoms with van der Waals surface area (Å²) in [6, 6.07) is 8.12. The van der Waals surface area contributed by atoms with Gasteiger partial charge in [-0.05, 0) is 11.6 Å². The van der Waals surface area contributed by atoms with Crippen LogP contribution in [0.15, 0.2) is 48.2 Å². The van der Waals surface area contributed by atoms with Gasteiger partial charge in [0, 0.05) is 29.9 Å². The van der Waals surface area contributed by atoms with E-state index in [0.29, 0.717) is 6.54 Å². The molecule has 0 atom stereocenters. The minimum absolute atomic E-state index is 0.538. The van der Waals surface area contributed by atoms with Crippen LogP contribution in [0.5, 0.6) is 0 Å². The standard InChI is InChI=1S/C14H12N4S/c15-7-10-2-1-3-11(6-10)14-18-13(9-19-14)12-8-16-4-5-17-12/h1-6,8-9H,7,15H2. The first-order valence-electron chi connectivity index (χ1n) is 5.88. The summed E-state index contributed by atoms with van der Waals surface area (Å²) in [6.07, 6.45) is 5.04. The number of rotatable bonds is 3. The predicted molar refractivity (Wildman–Crippen MR) is 76.5 cm³/mol. The van der Waals surface area contributed by atoms with Crippen molar-refractivity contribution in [3.05, 3.63) is 53.8 Å². The van der Waals surface area contributed by atoms with E-state index in [4.69, 9.17) is 5.73 Å². The number of aromatic nitrogens is 3. The molecule has 2 aromatic heterocycles. The normalized spacial score (nSPS) is 10.6. The third kappa shape index (κ3) is 2.52. The van der Waals surface area contributed by atoms with Crippen molar-refractivity contribution in [2.45, 2.75) is 6.54 Å². The lowest BCUT2D eigenvalue weighted by atomic mass is 10.1. The average Bonchev–Trinajstić information content (AvgIpc) is 2.98. The lowest BCUT2D eigenvalue weighted by Crippen LogP contribution is -1.95. The quantitative estimate of drug-likeness (QED) is 0.793. The van der Waals surface area contributed by atoms with Gasteiger partial charge in [0.2, 0.25) is 0 Å². The Morgan fingerprint density at radius 3 is 2.89 bits per heavy atom. The minimum atomic E-state index is 0.538. The lowest BCUT2D eigenvalue weighted by Gasteiger charge is -1.99. The molecule has 0 radical (unpaired) electrons. The highest BCUT2D eigenvalue weighted by atomic mass is 32.1. The van der Waals surface area contributed by atoms with Crippen LogP contribution in [0.4, 0.5) is 0 Å². The van der Waals surface area contributed by atoms with Gasteiger partial charge in [-0.15, -0.1) is 11.3 Å². The Morgan fingerprint density at radius 1 is 1.16 bits per heavy atom. The Kier molecular flexibility index (Phi) is 3.31. The minimum Gasteiger partial charge on any atom is -0.326 e. The Balaban J connectivity index is 1.97. The lowest BCUT2D eigenvalue weighted by molar-refractivity contribution is 1.07. The maximum absolute atomic E-state index is 5.66. The van der Waals surface area contributed by atoms with Gasteiger partial charge in [-0.25, -0.2) is 4.98 Å². The molecule has 1 aromatic carbocycles. The summed E-state index contributed by atoms with van der Waals surface area (Å²) < 4.78 is 0. The van der Waals surface area contributed by atoms with Crippen molar-refractivity contribution < 1.29 is 0 Å². The summed E-state index contributed by atoms with van der Waals surface area (Å²) in [7, 11) is 0. The summed E-state index contributed by atoms with van der Waals surface area (Å²) in [5.74, 6) is 0. The molecule has 0 aliphatic rings. The number of thiazole rings is 1. The SMILES string of the molecule is NCc1cccc(-c2nc(-c3cnccn3)cs2)c1. The zero-order valence-electron chi connectivity index (χ0n) is 10.2. The highest BCUT2D eigenvalue weighted by Gasteiger charge is 2.07. The van der Waals surface area contributed by atoms with E-state index in [1.54, 1.807) is 29.9 Å². The first-order valence-corrected chi connectivity index (χ1v) is 6.76. The first-order chi connectivity index (χ1) is 9.36. The molecular formula is C14H12N4S. The van der Waals surface area contributed by atoms with Crippen LogP contribution in [0.2, 0.25) is 0 Å². The van der Waals surface area contributed by atoms with Crippen molar-refractivity contribution in [2.75, 3.05) is 0 Å². The molecule has 94 valence electrons. The van der Waals surface area contributed by atoms with E-state index in [2.05, 4.69) is 21.0 Å². The maximum Gasteiger partial charge on any atom is 0.124 e.